The molecule has 0 spiro atoms. The molecule has 0 fully saturated rings. The number of hydrogen-bond donors (Lipinski definition) is 2. The van der Waals surface area contributed by atoms with Crippen molar-refractivity contribution in [2.75, 3.05) is 5.32 Å². The number of phenols is 1. The molecule has 0 radical (unpaired) electrons. The fraction of sp³-hybridized carbons (Fsp3) is 0.0500. The lowest BCUT2D eigenvalue weighted by atomic mass is 10.1. The Balaban J connectivity index is 0.00000182. The molecule has 2 heterocycles. The molecule has 5 heteroatoms. The van der Waals surface area contributed by atoms with Gasteiger partial charge in [0, 0.05) is 40.4 Å². The van der Waals surface area contributed by atoms with Gasteiger partial charge in [-0.15, -0.1) is 0 Å². The zero-order chi connectivity index (χ0) is 16.5. The first-order valence-corrected chi connectivity index (χ1v) is 7.45. The van der Waals surface area contributed by atoms with Crippen LogP contribution in [0.1, 0.15) is 17.8 Å². The van der Waals surface area contributed by atoms with Crippen LogP contribution >= 0.6 is 0 Å². The van der Waals surface area contributed by atoms with Crippen molar-refractivity contribution in [3.63, 3.8) is 0 Å². The quantitative estimate of drug-likeness (QED) is 0.572. The fourth-order valence-electron chi connectivity index (χ4n) is 2.73. The number of carbonyl (C=O) groups is 1. The van der Waals surface area contributed by atoms with Crippen LogP contribution in [0.4, 0.5) is 5.69 Å². The number of rotatable bonds is 2. The summed E-state index contributed by atoms with van der Waals surface area (Å²) in [6.07, 6.45) is 5.00. The van der Waals surface area contributed by atoms with E-state index in [0.29, 0.717) is 11.2 Å². The number of aromatic nitrogens is 2. The highest BCUT2D eigenvalue weighted by molar-refractivity contribution is 6.12. The van der Waals surface area contributed by atoms with Crippen molar-refractivity contribution in [3.8, 4) is 5.75 Å². The SMILES string of the molecule is C.O=C(Nc1cccc2cnccc12)c1ccc2cccnc2c1O. The highest BCUT2D eigenvalue weighted by atomic mass is 16.3. The zero-order valence-corrected chi connectivity index (χ0v) is 12.6. The predicted molar refractivity (Wildman–Crippen MR) is 99.8 cm³/mol. The second-order valence-corrected chi connectivity index (χ2v) is 5.39. The highest BCUT2D eigenvalue weighted by Crippen LogP contribution is 2.28. The van der Waals surface area contributed by atoms with E-state index < -0.39 is 0 Å². The lowest BCUT2D eigenvalue weighted by Gasteiger charge is -2.10. The number of aromatic hydroxyl groups is 1. The standard InChI is InChI=1S/C19H13N3O2.CH4/c23-18-15(7-6-12-4-2-9-21-17(12)18)19(24)22-16-5-1-3-13-11-20-10-8-14(13)16;/h1-11,23H,(H,22,24);1H4. The van der Waals surface area contributed by atoms with Gasteiger partial charge in [-0.25, -0.2) is 0 Å². The molecule has 0 saturated carbocycles. The van der Waals surface area contributed by atoms with Gasteiger partial charge in [-0.05, 0) is 24.3 Å². The molecule has 4 aromatic rings. The molecule has 5 nitrogen and oxygen atoms in total. The molecule has 4 rings (SSSR count). The van der Waals surface area contributed by atoms with Crippen LogP contribution in [0.2, 0.25) is 0 Å². The summed E-state index contributed by atoms with van der Waals surface area (Å²) in [7, 11) is 0. The van der Waals surface area contributed by atoms with Gasteiger partial charge in [-0.1, -0.05) is 31.7 Å². The predicted octanol–water partition coefficient (Wildman–Crippen LogP) is 4.38. The molecule has 0 atom stereocenters. The van der Waals surface area contributed by atoms with Crippen LogP contribution in [0.3, 0.4) is 0 Å². The second-order valence-electron chi connectivity index (χ2n) is 5.39. The Kier molecular flexibility index (Phi) is 4.31. The van der Waals surface area contributed by atoms with Crippen LogP contribution < -0.4 is 5.32 Å². The van der Waals surface area contributed by atoms with Gasteiger partial charge in [-0.3, -0.25) is 14.8 Å². The monoisotopic (exact) mass is 331 g/mol. The molecule has 0 saturated heterocycles. The van der Waals surface area contributed by atoms with Gasteiger partial charge in [0.25, 0.3) is 5.91 Å². The van der Waals surface area contributed by atoms with E-state index in [1.165, 1.54) is 0 Å². The van der Waals surface area contributed by atoms with E-state index >= 15 is 0 Å². The number of hydrogen-bond acceptors (Lipinski definition) is 4. The Bertz CT molecular complexity index is 1070. The molecule has 0 aliphatic carbocycles. The summed E-state index contributed by atoms with van der Waals surface area (Å²) in [6.45, 7) is 0. The van der Waals surface area contributed by atoms with E-state index in [9.17, 15) is 9.90 Å². The summed E-state index contributed by atoms with van der Waals surface area (Å²) in [6, 6.07) is 14.4. The van der Waals surface area contributed by atoms with Gasteiger partial charge in [0.15, 0.2) is 5.75 Å². The lowest BCUT2D eigenvalue weighted by molar-refractivity contribution is 0.102. The highest BCUT2D eigenvalue weighted by Gasteiger charge is 2.15. The second kappa shape index (κ2) is 6.57. The molecule has 1 amide bonds. The minimum absolute atomic E-state index is 0. The first kappa shape index (κ1) is 16.4. The van der Waals surface area contributed by atoms with Gasteiger partial charge in [-0.2, -0.15) is 0 Å². The van der Waals surface area contributed by atoms with E-state index in [4.69, 9.17) is 0 Å². The van der Waals surface area contributed by atoms with Gasteiger partial charge < -0.3 is 10.4 Å². The summed E-state index contributed by atoms with van der Waals surface area (Å²) >= 11 is 0. The van der Waals surface area contributed by atoms with E-state index in [1.54, 1.807) is 36.8 Å². The normalized spacial score (nSPS) is 10.4. The third kappa shape index (κ3) is 2.87. The first-order valence-electron chi connectivity index (χ1n) is 7.45. The Morgan fingerprint density at radius 2 is 1.80 bits per heavy atom. The van der Waals surface area contributed by atoms with E-state index in [2.05, 4.69) is 15.3 Å². The smallest absolute Gasteiger partial charge is 0.259 e. The molecular weight excluding hydrogens is 314 g/mol. The van der Waals surface area contributed by atoms with Crippen LogP contribution in [0, 0.1) is 0 Å². The third-order valence-electron chi connectivity index (χ3n) is 3.92. The Hall–Kier alpha value is -3.47. The molecule has 0 unspecified atom stereocenters. The summed E-state index contributed by atoms with van der Waals surface area (Å²) < 4.78 is 0. The molecule has 124 valence electrons. The summed E-state index contributed by atoms with van der Waals surface area (Å²) in [5, 5.41) is 15.8. The number of nitrogens with zero attached hydrogens (tertiary/aromatic N) is 2. The third-order valence-corrected chi connectivity index (χ3v) is 3.92. The van der Waals surface area contributed by atoms with Crippen LogP contribution in [-0.4, -0.2) is 21.0 Å². The number of anilines is 1. The first-order chi connectivity index (χ1) is 11.7. The van der Waals surface area contributed by atoms with Gasteiger partial charge in [0.1, 0.15) is 5.52 Å². The molecule has 0 aliphatic heterocycles. The number of nitrogens with one attached hydrogen (secondary N) is 1. The minimum atomic E-state index is -0.385. The van der Waals surface area contributed by atoms with Gasteiger partial charge in [0.05, 0.1) is 5.56 Å². The average Bonchev–Trinajstić information content (AvgIpc) is 2.62. The molecule has 2 aromatic carbocycles. The molecule has 0 aliphatic rings. The van der Waals surface area contributed by atoms with Crippen molar-refractivity contribution >= 4 is 33.3 Å². The van der Waals surface area contributed by atoms with Gasteiger partial charge in [0.2, 0.25) is 0 Å². The van der Waals surface area contributed by atoms with Crippen molar-refractivity contribution in [1.29, 1.82) is 0 Å². The molecular formula is C20H17N3O2. The van der Waals surface area contributed by atoms with Crippen LogP contribution in [0.25, 0.3) is 21.7 Å². The average molecular weight is 331 g/mol. The van der Waals surface area contributed by atoms with Crippen molar-refractivity contribution < 1.29 is 9.90 Å². The van der Waals surface area contributed by atoms with Gasteiger partial charge >= 0.3 is 0 Å². The Labute approximate surface area is 145 Å². The minimum Gasteiger partial charge on any atom is -0.505 e. The van der Waals surface area contributed by atoms with Crippen molar-refractivity contribution in [2.45, 2.75) is 7.43 Å². The summed E-state index contributed by atoms with van der Waals surface area (Å²) in [5.74, 6) is -0.503. The van der Waals surface area contributed by atoms with E-state index in [1.807, 2.05) is 30.3 Å². The van der Waals surface area contributed by atoms with Crippen molar-refractivity contribution in [1.82, 2.24) is 9.97 Å². The Morgan fingerprint density at radius 1 is 0.960 bits per heavy atom. The van der Waals surface area contributed by atoms with Crippen LogP contribution in [0.15, 0.2) is 67.1 Å². The number of carbonyl (C=O) groups excluding carboxylic acids is 1. The maximum Gasteiger partial charge on any atom is 0.259 e. The van der Waals surface area contributed by atoms with E-state index in [-0.39, 0.29) is 24.6 Å². The van der Waals surface area contributed by atoms with E-state index in [0.717, 1.165) is 16.2 Å². The fourth-order valence-corrected chi connectivity index (χ4v) is 2.73. The number of benzene rings is 2. The lowest BCUT2D eigenvalue weighted by Crippen LogP contribution is -2.12. The Morgan fingerprint density at radius 3 is 2.68 bits per heavy atom. The topological polar surface area (TPSA) is 75.1 Å². The molecule has 2 N–H and O–H groups in total. The summed E-state index contributed by atoms with van der Waals surface area (Å²) in [4.78, 5) is 20.8. The number of phenolic OH excluding ortho intramolecular Hbond substituents is 1. The molecule has 2 aromatic heterocycles. The van der Waals surface area contributed by atoms with Crippen molar-refractivity contribution in [3.05, 3.63) is 72.7 Å². The van der Waals surface area contributed by atoms with Crippen LogP contribution in [0.5, 0.6) is 5.75 Å². The molecule has 0 bridgehead atoms. The van der Waals surface area contributed by atoms with Crippen molar-refractivity contribution in [2.24, 2.45) is 0 Å². The van der Waals surface area contributed by atoms with Crippen LogP contribution in [-0.2, 0) is 0 Å². The zero-order valence-electron chi connectivity index (χ0n) is 12.6. The maximum atomic E-state index is 12.6. The largest absolute Gasteiger partial charge is 0.505 e. The maximum absolute atomic E-state index is 12.6. The summed E-state index contributed by atoms with van der Waals surface area (Å²) in [5.41, 5.74) is 1.26. The molecule has 25 heavy (non-hydrogen) atoms. The number of amides is 1. The number of fused-ring (bicyclic) bond motifs is 2. The number of pyridine rings is 2.